The van der Waals surface area contributed by atoms with Crippen molar-refractivity contribution in [2.24, 2.45) is 5.92 Å². The van der Waals surface area contributed by atoms with Crippen molar-refractivity contribution < 1.29 is 23.1 Å². The van der Waals surface area contributed by atoms with Crippen LogP contribution in [0.2, 0.25) is 0 Å². The normalized spacial score (nSPS) is 13.4. The monoisotopic (exact) mass is 265 g/mol. The molecular weight excluding hydrogens is 246 g/mol. The SMILES string of the molecule is CC(C)C(C)NC(=O)CS(=O)(=O)CCC(=O)O. The van der Waals surface area contributed by atoms with Crippen LogP contribution in [0.25, 0.3) is 0 Å². The van der Waals surface area contributed by atoms with Crippen LogP contribution in [0.15, 0.2) is 0 Å². The Morgan fingerprint density at radius 2 is 1.76 bits per heavy atom. The Balaban J connectivity index is 4.23. The van der Waals surface area contributed by atoms with Crippen molar-refractivity contribution in [3.8, 4) is 0 Å². The van der Waals surface area contributed by atoms with Crippen LogP contribution in [0.1, 0.15) is 27.2 Å². The van der Waals surface area contributed by atoms with E-state index < -0.39 is 39.6 Å². The van der Waals surface area contributed by atoms with Crippen LogP contribution >= 0.6 is 0 Å². The fourth-order valence-electron chi connectivity index (χ4n) is 0.977. The molecule has 0 aliphatic heterocycles. The molecule has 0 saturated carbocycles. The molecule has 0 aliphatic rings. The molecule has 1 atom stereocenters. The third-order valence-corrected chi connectivity index (χ3v) is 3.89. The van der Waals surface area contributed by atoms with Gasteiger partial charge in [-0.2, -0.15) is 0 Å². The number of rotatable bonds is 7. The average Bonchev–Trinajstić information content (AvgIpc) is 2.13. The lowest BCUT2D eigenvalue weighted by molar-refractivity contribution is -0.136. The number of sulfone groups is 1. The van der Waals surface area contributed by atoms with E-state index in [2.05, 4.69) is 5.32 Å². The molecule has 1 unspecified atom stereocenters. The molecule has 0 bridgehead atoms. The van der Waals surface area contributed by atoms with Crippen LogP contribution in [0.5, 0.6) is 0 Å². The lowest BCUT2D eigenvalue weighted by atomic mass is 10.1. The molecular formula is C10H19NO5S. The molecule has 0 aliphatic carbocycles. The van der Waals surface area contributed by atoms with Gasteiger partial charge in [-0.25, -0.2) is 8.42 Å². The number of carbonyl (C=O) groups is 2. The van der Waals surface area contributed by atoms with Crippen LogP contribution in [0, 0.1) is 5.92 Å². The molecule has 0 rings (SSSR count). The molecule has 0 heterocycles. The van der Waals surface area contributed by atoms with Gasteiger partial charge >= 0.3 is 5.97 Å². The van der Waals surface area contributed by atoms with Crippen molar-refractivity contribution in [2.75, 3.05) is 11.5 Å². The first kappa shape index (κ1) is 15.9. The van der Waals surface area contributed by atoms with Gasteiger partial charge in [-0.15, -0.1) is 0 Å². The molecule has 7 heteroatoms. The van der Waals surface area contributed by atoms with Gasteiger partial charge < -0.3 is 10.4 Å². The van der Waals surface area contributed by atoms with Gasteiger partial charge in [0.05, 0.1) is 12.2 Å². The zero-order valence-electron chi connectivity index (χ0n) is 10.3. The lowest BCUT2D eigenvalue weighted by Gasteiger charge is -2.17. The number of hydrogen-bond donors (Lipinski definition) is 2. The Morgan fingerprint density at radius 3 is 2.18 bits per heavy atom. The Bertz CT molecular complexity index is 374. The van der Waals surface area contributed by atoms with Gasteiger partial charge in [0.15, 0.2) is 9.84 Å². The van der Waals surface area contributed by atoms with Gasteiger partial charge in [0.25, 0.3) is 0 Å². The average molecular weight is 265 g/mol. The number of carboxylic acid groups (broad SMARTS) is 1. The molecule has 0 spiro atoms. The summed E-state index contributed by atoms with van der Waals surface area (Å²) in [6.45, 7) is 5.60. The van der Waals surface area contributed by atoms with Crippen molar-refractivity contribution in [3.63, 3.8) is 0 Å². The molecule has 100 valence electrons. The molecule has 0 saturated heterocycles. The number of hydrogen-bond acceptors (Lipinski definition) is 4. The molecule has 0 fully saturated rings. The Hall–Kier alpha value is -1.11. The Morgan fingerprint density at radius 1 is 1.24 bits per heavy atom. The number of carbonyl (C=O) groups excluding carboxylic acids is 1. The first-order valence-corrected chi connectivity index (χ1v) is 7.18. The zero-order chi connectivity index (χ0) is 13.6. The van der Waals surface area contributed by atoms with Crippen LogP contribution < -0.4 is 5.32 Å². The fraction of sp³-hybridized carbons (Fsp3) is 0.800. The molecule has 0 aromatic carbocycles. The zero-order valence-corrected chi connectivity index (χ0v) is 11.1. The number of amides is 1. The summed E-state index contributed by atoms with van der Waals surface area (Å²) in [5.74, 6) is -2.73. The van der Waals surface area contributed by atoms with Crippen molar-refractivity contribution >= 4 is 21.7 Å². The van der Waals surface area contributed by atoms with Gasteiger partial charge in [0, 0.05) is 6.04 Å². The van der Waals surface area contributed by atoms with E-state index in [1.807, 2.05) is 13.8 Å². The van der Waals surface area contributed by atoms with Crippen molar-refractivity contribution in [2.45, 2.75) is 33.2 Å². The van der Waals surface area contributed by atoms with Gasteiger partial charge in [-0.3, -0.25) is 9.59 Å². The molecule has 17 heavy (non-hydrogen) atoms. The van der Waals surface area contributed by atoms with E-state index in [0.29, 0.717) is 0 Å². The summed E-state index contributed by atoms with van der Waals surface area (Å²) < 4.78 is 22.7. The van der Waals surface area contributed by atoms with E-state index in [4.69, 9.17) is 5.11 Å². The summed E-state index contributed by atoms with van der Waals surface area (Å²) in [6, 6.07) is -0.114. The van der Waals surface area contributed by atoms with Crippen LogP contribution in [0.3, 0.4) is 0 Å². The summed E-state index contributed by atoms with van der Waals surface area (Å²) in [5.41, 5.74) is 0. The summed E-state index contributed by atoms with van der Waals surface area (Å²) in [7, 11) is -3.64. The second-order valence-electron chi connectivity index (χ2n) is 4.34. The highest BCUT2D eigenvalue weighted by Crippen LogP contribution is 2.01. The summed E-state index contributed by atoms with van der Waals surface area (Å²) in [4.78, 5) is 21.6. The standard InChI is InChI=1S/C10H19NO5S/c1-7(2)8(3)11-9(12)6-17(15,16)5-4-10(13)14/h7-8H,4-6H2,1-3H3,(H,11,12)(H,13,14). The minimum atomic E-state index is -3.64. The smallest absolute Gasteiger partial charge is 0.304 e. The highest BCUT2D eigenvalue weighted by molar-refractivity contribution is 7.92. The van der Waals surface area contributed by atoms with E-state index in [1.165, 1.54) is 0 Å². The van der Waals surface area contributed by atoms with E-state index in [9.17, 15) is 18.0 Å². The number of nitrogens with one attached hydrogen (secondary N) is 1. The number of aliphatic carboxylic acids is 1. The van der Waals surface area contributed by atoms with Crippen molar-refractivity contribution in [1.82, 2.24) is 5.32 Å². The first-order valence-electron chi connectivity index (χ1n) is 5.35. The van der Waals surface area contributed by atoms with Crippen molar-refractivity contribution in [3.05, 3.63) is 0 Å². The van der Waals surface area contributed by atoms with E-state index in [1.54, 1.807) is 6.92 Å². The first-order chi connectivity index (χ1) is 7.64. The summed E-state index contributed by atoms with van der Waals surface area (Å²) in [5, 5.41) is 10.9. The second kappa shape index (κ2) is 6.58. The maximum Gasteiger partial charge on any atom is 0.304 e. The maximum absolute atomic E-state index is 11.4. The molecule has 2 N–H and O–H groups in total. The van der Waals surface area contributed by atoms with Crippen molar-refractivity contribution in [1.29, 1.82) is 0 Å². The Kier molecular flexibility index (Phi) is 6.15. The molecule has 1 amide bonds. The highest BCUT2D eigenvalue weighted by Gasteiger charge is 2.19. The Labute approximate surface area is 101 Å². The quantitative estimate of drug-likeness (QED) is 0.676. The summed E-state index contributed by atoms with van der Waals surface area (Å²) >= 11 is 0. The minimum Gasteiger partial charge on any atom is -0.481 e. The van der Waals surface area contributed by atoms with E-state index in [0.717, 1.165) is 0 Å². The molecule has 0 radical (unpaired) electrons. The topological polar surface area (TPSA) is 101 Å². The summed E-state index contributed by atoms with van der Waals surface area (Å²) in [6.07, 6.45) is -0.477. The predicted octanol–water partition coefficient (Wildman–Crippen LogP) is 0.0366. The minimum absolute atomic E-state index is 0.114. The van der Waals surface area contributed by atoms with E-state index in [-0.39, 0.29) is 12.0 Å². The van der Waals surface area contributed by atoms with Gasteiger partial charge in [0.2, 0.25) is 5.91 Å². The lowest BCUT2D eigenvalue weighted by Crippen LogP contribution is -2.40. The van der Waals surface area contributed by atoms with E-state index >= 15 is 0 Å². The van der Waals surface area contributed by atoms with Crippen LogP contribution in [-0.4, -0.2) is 42.9 Å². The maximum atomic E-state index is 11.4. The van der Waals surface area contributed by atoms with Crippen LogP contribution in [-0.2, 0) is 19.4 Å². The van der Waals surface area contributed by atoms with Gasteiger partial charge in [-0.05, 0) is 12.8 Å². The third kappa shape index (κ3) is 7.73. The van der Waals surface area contributed by atoms with Gasteiger partial charge in [0.1, 0.15) is 5.75 Å². The third-order valence-electron chi connectivity index (χ3n) is 2.37. The van der Waals surface area contributed by atoms with Crippen LogP contribution in [0.4, 0.5) is 0 Å². The van der Waals surface area contributed by atoms with Gasteiger partial charge in [-0.1, -0.05) is 13.8 Å². The molecule has 6 nitrogen and oxygen atoms in total. The number of carboxylic acids is 1. The second-order valence-corrected chi connectivity index (χ2v) is 6.52. The molecule has 0 aromatic heterocycles. The fourth-order valence-corrected chi connectivity index (χ4v) is 2.09. The molecule has 0 aromatic rings. The highest BCUT2D eigenvalue weighted by atomic mass is 32.2. The predicted molar refractivity (Wildman–Crippen MR) is 63.3 cm³/mol. The largest absolute Gasteiger partial charge is 0.481 e.